The van der Waals surface area contributed by atoms with Crippen molar-refractivity contribution in [3.05, 3.63) is 71.8 Å². The number of amides is 2. The Morgan fingerprint density at radius 3 is 2.59 bits per heavy atom. The highest BCUT2D eigenvalue weighted by molar-refractivity contribution is 5.86. The van der Waals surface area contributed by atoms with Gasteiger partial charge in [-0.15, -0.1) is 0 Å². The van der Waals surface area contributed by atoms with Crippen molar-refractivity contribution in [2.45, 2.75) is 44.1 Å². The zero-order valence-electron chi connectivity index (χ0n) is 19.9. The van der Waals surface area contributed by atoms with Gasteiger partial charge in [-0.3, -0.25) is 9.59 Å². The first kappa shape index (κ1) is 23.6. The smallest absolute Gasteiger partial charge is 0.220 e. The molecule has 0 spiro atoms. The Morgan fingerprint density at radius 1 is 1.03 bits per heavy atom. The zero-order chi connectivity index (χ0) is 24.0. The maximum atomic E-state index is 12.6. The number of hydrogen-bond acceptors (Lipinski definition) is 4. The Labute approximate surface area is 200 Å². The van der Waals surface area contributed by atoms with E-state index in [1.54, 1.807) is 14.2 Å². The van der Waals surface area contributed by atoms with Gasteiger partial charge in [0, 0.05) is 24.9 Å². The van der Waals surface area contributed by atoms with Crippen LogP contribution < -0.4 is 20.1 Å². The Balaban J connectivity index is 1.35. The molecule has 34 heavy (non-hydrogen) atoms. The second-order valence-electron chi connectivity index (χ2n) is 8.93. The van der Waals surface area contributed by atoms with Crippen LogP contribution in [0.25, 0.3) is 10.8 Å². The number of hydrogen-bond donors (Lipinski definition) is 2. The van der Waals surface area contributed by atoms with Crippen LogP contribution in [-0.4, -0.2) is 38.1 Å². The van der Waals surface area contributed by atoms with Gasteiger partial charge in [0.2, 0.25) is 11.8 Å². The van der Waals surface area contributed by atoms with Gasteiger partial charge in [-0.05, 0) is 59.7 Å². The fourth-order valence-corrected chi connectivity index (χ4v) is 4.82. The van der Waals surface area contributed by atoms with Crippen molar-refractivity contribution in [2.24, 2.45) is 0 Å². The largest absolute Gasteiger partial charge is 0.493 e. The molecule has 1 aliphatic rings. The number of carbonyl (C=O) groups excluding carboxylic acids is 2. The number of fused-ring (bicyclic) bond motifs is 1. The molecule has 0 aliphatic carbocycles. The summed E-state index contributed by atoms with van der Waals surface area (Å²) in [5.41, 5.74) is 1.88. The summed E-state index contributed by atoms with van der Waals surface area (Å²) < 4.78 is 10.6. The summed E-state index contributed by atoms with van der Waals surface area (Å²) in [5.74, 6) is 1.43. The fourth-order valence-electron chi connectivity index (χ4n) is 4.82. The molecule has 0 unspecified atom stereocenters. The van der Waals surface area contributed by atoms with Gasteiger partial charge in [-0.25, -0.2) is 0 Å². The molecule has 0 saturated carbocycles. The van der Waals surface area contributed by atoms with Crippen LogP contribution in [0.4, 0.5) is 0 Å². The topological polar surface area (TPSA) is 76.7 Å². The van der Waals surface area contributed by atoms with Gasteiger partial charge >= 0.3 is 0 Å². The molecule has 1 heterocycles. The van der Waals surface area contributed by atoms with Crippen molar-refractivity contribution < 1.29 is 19.1 Å². The lowest BCUT2D eigenvalue weighted by atomic mass is 9.83. The number of benzene rings is 3. The van der Waals surface area contributed by atoms with Crippen molar-refractivity contribution in [2.75, 3.05) is 20.8 Å². The van der Waals surface area contributed by atoms with Crippen LogP contribution in [0.1, 0.15) is 36.8 Å². The fraction of sp³-hybridized carbons (Fsp3) is 0.357. The van der Waals surface area contributed by atoms with E-state index in [-0.39, 0.29) is 17.4 Å². The molecule has 1 aliphatic heterocycles. The number of methoxy groups -OCH3 is 2. The van der Waals surface area contributed by atoms with Crippen molar-refractivity contribution in [3.63, 3.8) is 0 Å². The lowest BCUT2D eigenvalue weighted by molar-refractivity contribution is -0.122. The Hall–Kier alpha value is -3.54. The van der Waals surface area contributed by atoms with E-state index in [9.17, 15) is 9.59 Å². The van der Waals surface area contributed by atoms with E-state index in [1.165, 1.54) is 16.3 Å². The van der Waals surface area contributed by atoms with Gasteiger partial charge < -0.3 is 20.1 Å². The minimum atomic E-state index is -0.387. The predicted octanol–water partition coefficient (Wildman–Crippen LogP) is 4.19. The van der Waals surface area contributed by atoms with E-state index in [0.29, 0.717) is 43.7 Å². The zero-order valence-corrected chi connectivity index (χ0v) is 19.9. The van der Waals surface area contributed by atoms with Gasteiger partial charge in [0.05, 0.1) is 14.2 Å². The molecule has 1 fully saturated rings. The first-order valence-electron chi connectivity index (χ1n) is 11.8. The molecule has 3 aromatic carbocycles. The van der Waals surface area contributed by atoms with Gasteiger partial charge in [0.25, 0.3) is 0 Å². The molecule has 6 heteroatoms. The number of ether oxygens (including phenoxy) is 2. The van der Waals surface area contributed by atoms with Crippen molar-refractivity contribution in [1.29, 1.82) is 0 Å². The average molecular weight is 461 g/mol. The molecule has 3 aromatic rings. The summed E-state index contributed by atoms with van der Waals surface area (Å²) in [4.78, 5) is 24.8. The summed E-state index contributed by atoms with van der Waals surface area (Å²) >= 11 is 0. The van der Waals surface area contributed by atoms with Gasteiger partial charge in [-0.2, -0.15) is 0 Å². The number of rotatable bonds is 10. The van der Waals surface area contributed by atoms with Gasteiger partial charge in [0.1, 0.15) is 0 Å². The molecular formula is C28H32N2O4. The van der Waals surface area contributed by atoms with Crippen LogP contribution in [0.3, 0.4) is 0 Å². The molecule has 2 N–H and O–H groups in total. The Bertz CT molecular complexity index is 1170. The van der Waals surface area contributed by atoms with Crippen LogP contribution in [-0.2, 0) is 22.4 Å². The first-order chi connectivity index (χ1) is 16.5. The molecule has 0 bridgehead atoms. The summed E-state index contributed by atoms with van der Waals surface area (Å²) in [7, 11) is 3.22. The molecule has 2 amide bonds. The van der Waals surface area contributed by atoms with E-state index in [2.05, 4.69) is 41.0 Å². The standard InChI is InChI=1S/C28H32N2O4/c1-33-24-11-10-20(18-25(24)34-2)14-17-29-26(31)12-15-28(16-13-27(32)30-28)19-22-8-5-7-21-6-3-4-9-23(21)22/h3-11,18H,12-17,19H2,1-2H3,(H,29,31)(H,30,32)/t28-/m1/s1. The Morgan fingerprint density at radius 2 is 1.82 bits per heavy atom. The summed E-state index contributed by atoms with van der Waals surface area (Å²) in [5, 5.41) is 8.60. The normalized spacial score (nSPS) is 17.4. The second kappa shape index (κ2) is 10.6. The molecule has 178 valence electrons. The summed E-state index contributed by atoms with van der Waals surface area (Å²) in [6, 6.07) is 20.4. The highest BCUT2D eigenvalue weighted by Gasteiger charge is 2.38. The lowest BCUT2D eigenvalue weighted by Crippen LogP contribution is -2.44. The lowest BCUT2D eigenvalue weighted by Gasteiger charge is -2.30. The van der Waals surface area contributed by atoms with Crippen molar-refractivity contribution in [1.82, 2.24) is 10.6 Å². The van der Waals surface area contributed by atoms with E-state index in [0.717, 1.165) is 18.4 Å². The molecule has 0 radical (unpaired) electrons. The SMILES string of the molecule is COc1ccc(CCNC(=O)CC[C@]2(Cc3cccc4ccccc34)CCC(=O)N2)cc1OC. The van der Waals surface area contributed by atoms with E-state index in [4.69, 9.17) is 9.47 Å². The van der Waals surface area contributed by atoms with Crippen LogP contribution in [0.5, 0.6) is 11.5 Å². The quantitative estimate of drug-likeness (QED) is 0.476. The van der Waals surface area contributed by atoms with Gasteiger partial charge in [-0.1, -0.05) is 48.5 Å². The monoisotopic (exact) mass is 460 g/mol. The maximum Gasteiger partial charge on any atom is 0.220 e. The van der Waals surface area contributed by atoms with Crippen LogP contribution in [0.2, 0.25) is 0 Å². The molecule has 1 saturated heterocycles. The second-order valence-corrected chi connectivity index (χ2v) is 8.93. The maximum absolute atomic E-state index is 12.6. The molecule has 4 rings (SSSR count). The van der Waals surface area contributed by atoms with E-state index in [1.807, 2.05) is 30.3 Å². The third kappa shape index (κ3) is 5.50. The minimum Gasteiger partial charge on any atom is -0.493 e. The average Bonchev–Trinajstić information content (AvgIpc) is 3.23. The third-order valence-electron chi connectivity index (χ3n) is 6.66. The third-order valence-corrected chi connectivity index (χ3v) is 6.66. The van der Waals surface area contributed by atoms with Crippen LogP contribution in [0.15, 0.2) is 60.7 Å². The van der Waals surface area contributed by atoms with Crippen molar-refractivity contribution >= 4 is 22.6 Å². The number of carbonyl (C=O) groups is 2. The minimum absolute atomic E-state index is 0.001000. The molecular weight excluding hydrogens is 428 g/mol. The van der Waals surface area contributed by atoms with Crippen molar-refractivity contribution in [3.8, 4) is 11.5 Å². The number of nitrogens with one attached hydrogen (secondary N) is 2. The highest BCUT2D eigenvalue weighted by Crippen LogP contribution is 2.32. The van der Waals surface area contributed by atoms with Crippen LogP contribution >= 0.6 is 0 Å². The molecule has 6 nitrogen and oxygen atoms in total. The summed E-state index contributed by atoms with van der Waals surface area (Å²) in [6.45, 7) is 0.539. The first-order valence-corrected chi connectivity index (χ1v) is 11.8. The van der Waals surface area contributed by atoms with Crippen LogP contribution in [0, 0.1) is 0 Å². The predicted molar refractivity (Wildman–Crippen MR) is 133 cm³/mol. The summed E-state index contributed by atoms with van der Waals surface area (Å²) in [6.07, 6.45) is 3.66. The molecule has 1 atom stereocenters. The highest BCUT2D eigenvalue weighted by atomic mass is 16.5. The van der Waals surface area contributed by atoms with E-state index < -0.39 is 0 Å². The van der Waals surface area contributed by atoms with E-state index >= 15 is 0 Å². The Kier molecular flexibility index (Phi) is 7.36. The van der Waals surface area contributed by atoms with Gasteiger partial charge in [0.15, 0.2) is 11.5 Å². The molecule has 0 aromatic heterocycles.